The van der Waals surface area contributed by atoms with E-state index >= 15 is 0 Å². The molecule has 0 aromatic carbocycles. The molecule has 6 heterocycles. The molecule has 3 aliphatic heterocycles. The number of aromatic amines is 1. The van der Waals surface area contributed by atoms with Crippen LogP contribution in [0.2, 0.25) is 0 Å². The molecule has 3 aromatic heterocycles. The Morgan fingerprint density at radius 2 is 1.44 bits per heavy atom. The van der Waals surface area contributed by atoms with Gasteiger partial charge in [0, 0.05) is 7.05 Å². The van der Waals surface area contributed by atoms with Crippen molar-refractivity contribution in [3.63, 3.8) is 0 Å². The van der Waals surface area contributed by atoms with Crippen molar-refractivity contribution in [2.24, 2.45) is 0 Å². The Morgan fingerprint density at radius 3 is 2.04 bits per heavy atom. The minimum Gasteiger partial charge on any atom is -0.492 e. The number of aliphatic hydroxyl groups is 4. The highest BCUT2D eigenvalue weighted by Crippen LogP contribution is 2.68. The lowest BCUT2D eigenvalue weighted by Gasteiger charge is -2.27. The van der Waals surface area contributed by atoms with Gasteiger partial charge in [0.25, 0.3) is 5.56 Å². The Hall–Kier alpha value is -3.40. The zero-order chi connectivity index (χ0) is 38.1. The van der Waals surface area contributed by atoms with Gasteiger partial charge in [-0.05, 0) is 0 Å². The predicted molar refractivity (Wildman–Crippen MR) is 167 cm³/mol. The molecule has 0 bridgehead atoms. The van der Waals surface area contributed by atoms with Crippen molar-refractivity contribution >= 4 is 58.0 Å². The number of hydrogen-bond donors (Lipinski definition) is 11. The van der Waals surface area contributed by atoms with Gasteiger partial charge in [0.05, 0.1) is 26.2 Å². The number of nitrogens with one attached hydrogen (secondary N) is 1. The van der Waals surface area contributed by atoms with Gasteiger partial charge in [-0.2, -0.15) is 23.6 Å². The Kier molecular flexibility index (Phi) is 10.2. The van der Waals surface area contributed by atoms with E-state index in [0.717, 1.165) is 10.9 Å². The van der Waals surface area contributed by atoms with Crippen LogP contribution in [-0.2, 0) is 40.8 Å². The molecule has 9 unspecified atom stereocenters. The first-order chi connectivity index (χ1) is 24.2. The van der Waals surface area contributed by atoms with Crippen LogP contribution < -0.4 is 26.8 Å². The lowest BCUT2D eigenvalue weighted by Crippen LogP contribution is -2.45. The molecule has 11 atom stereocenters. The van der Waals surface area contributed by atoms with Crippen LogP contribution in [0.4, 0.5) is 23.4 Å². The third-order valence-corrected chi connectivity index (χ3v) is 12.1. The fourth-order valence-electron chi connectivity index (χ4n) is 5.57. The summed E-state index contributed by atoms with van der Waals surface area (Å²) in [7, 11) is -15.8. The maximum absolute atomic E-state index is 12.5. The summed E-state index contributed by atoms with van der Waals surface area (Å²) < 4.78 is 66.7. The molecule has 31 heteroatoms. The van der Waals surface area contributed by atoms with Crippen LogP contribution in [0.15, 0.2) is 11.1 Å². The van der Waals surface area contributed by atoms with Gasteiger partial charge >= 0.3 is 23.5 Å². The average Bonchev–Trinajstić information content (AvgIpc) is 3.74. The quantitative estimate of drug-likeness (QED) is 0.0780. The fourth-order valence-corrected chi connectivity index (χ4v) is 9.09. The molecule has 0 aliphatic carbocycles. The smallest absolute Gasteiger partial charge is 0.490 e. The van der Waals surface area contributed by atoms with Crippen molar-refractivity contribution in [1.82, 2.24) is 29.5 Å². The molecule has 2 saturated heterocycles. The van der Waals surface area contributed by atoms with E-state index in [9.17, 15) is 58.7 Å². The van der Waals surface area contributed by atoms with E-state index in [1.54, 1.807) is 0 Å². The molecule has 13 N–H and O–H groups in total. The second-order valence-corrected chi connectivity index (χ2v) is 16.0. The highest BCUT2D eigenvalue weighted by Gasteiger charge is 2.51. The number of phosphoric ester groups is 2. The van der Waals surface area contributed by atoms with Gasteiger partial charge in [-0.25, -0.2) is 18.7 Å². The van der Waals surface area contributed by atoms with E-state index in [1.165, 1.54) is 16.8 Å². The normalized spacial score (nSPS) is 31.1. The highest BCUT2D eigenvalue weighted by molar-refractivity contribution is 7.66. The number of aliphatic hydroxyl groups excluding tert-OH is 4. The van der Waals surface area contributed by atoms with Gasteiger partial charge in [0.1, 0.15) is 42.3 Å². The van der Waals surface area contributed by atoms with E-state index in [1.807, 2.05) is 0 Å². The third-order valence-electron chi connectivity index (χ3n) is 7.81. The molecule has 0 amide bonds. The number of H-pyrrole nitrogens is 1. The number of rotatable bonds is 12. The van der Waals surface area contributed by atoms with E-state index in [0.29, 0.717) is 0 Å². The minimum atomic E-state index is -5.99. The summed E-state index contributed by atoms with van der Waals surface area (Å²) in [4.78, 5) is 62.4. The molecule has 28 nitrogen and oxygen atoms in total. The van der Waals surface area contributed by atoms with Gasteiger partial charge in [0.2, 0.25) is 17.8 Å². The van der Waals surface area contributed by atoms with Gasteiger partial charge in [0.15, 0.2) is 29.4 Å². The molecule has 0 radical (unpaired) electrons. The van der Waals surface area contributed by atoms with E-state index in [4.69, 9.17) is 20.9 Å². The van der Waals surface area contributed by atoms with Crippen LogP contribution >= 0.6 is 23.5 Å². The standard InChI is InChI=1S/C21H31N10O18P3/c1-29-5-31(15-9(29)17(37)28-21(23)26-15)19-13(35)11(33)7(47-19)3-45-51(40,41)49-52(42,43)48-50(38,39)44-2-6-10(32)12(34)18(46-6)30-4-24-8-14(30)25-20(22)27-16(8)36/h4,6-7,10-13,18-19,32-35H,2-3,5H2,1H3,(H,38,39)(H,40,41)(H,42,43)(H3,22,25,27,36)(H3,23,26,28,37)/t6?,7-,10?,11?,12?,13?,18?,19-/m1/s1. The van der Waals surface area contributed by atoms with Crippen molar-refractivity contribution in [1.29, 1.82) is 0 Å². The van der Waals surface area contributed by atoms with Crippen LogP contribution in [0.25, 0.3) is 11.2 Å². The van der Waals surface area contributed by atoms with Crippen LogP contribution in [0.3, 0.4) is 0 Å². The van der Waals surface area contributed by atoms with E-state index in [2.05, 4.69) is 42.6 Å². The number of hydrogen-bond acceptors (Lipinski definition) is 23. The van der Waals surface area contributed by atoms with Gasteiger partial charge < -0.3 is 71.0 Å². The van der Waals surface area contributed by atoms with Crippen LogP contribution in [0, 0.1) is 0 Å². The number of nitrogens with zero attached hydrogens (tertiary/aromatic N) is 7. The summed E-state index contributed by atoms with van der Waals surface area (Å²) in [6.07, 6.45) is -12.1. The number of nitrogens with two attached hydrogens (primary N) is 2. The monoisotopic (exact) mass is 804 g/mol. The highest BCUT2D eigenvalue weighted by atomic mass is 31.3. The molecule has 3 aliphatic rings. The van der Waals surface area contributed by atoms with Crippen LogP contribution in [0.5, 0.6) is 5.88 Å². The molecular weight excluding hydrogens is 773 g/mol. The Labute approximate surface area is 288 Å². The fraction of sp³-hybridized carbons (Fsp3) is 0.571. The number of imidazole rings is 1. The summed E-state index contributed by atoms with van der Waals surface area (Å²) in [6, 6.07) is 0. The number of aromatic nitrogens is 6. The number of anilines is 4. The molecule has 288 valence electrons. The van der Waals surface area contributed by atoms with Crippen LogP contribution in [-0.4, -0.2) is 139 Å². The first kappa shape index (κ1) is 38.3. The number of phosphoric acid groups is 3. The lowest BCUT2D eigenvalue weighted by molar-refractivity contribution is -0.0503. The zero-order valence-corrected chi connectivity index (χ0v) is 28.8. The first-order valence-corrected chi connectivity index (χ1v) is 19.0. The summed E-state index contributed by atoms with van der Waals surface area (Å²) in [5, 5.41) is 52.3. The SMILES string of the molecule is CN1CN([C@@H]2O[C@H](COP(=O)(O)OP(=O)(O)OP(=O)(O)OCC3OC(n4cnc5c(=O)[nH]c(N)nc54)C(O)C3O)C(O)C2O)c2nc(N)nc(O)c21. The summed E-state index contributed by atoms with van der Waals surface area (Å²) in [6.45, 7) is -2.20. The van der Waals surface area contributed by atoms with Crippen LogP contribution in [0.1, 0.15) is 6.23 Å². The van der Waals surface area contributed by atoms with Gasteiger partial charge in [-0.15, -0.1) is 0 Å². The summed E-state index contributed by atoms with van der Waals surface area (Å²) >= 11 is 0. The number of aromatic hydroxyl groups is 1. The molecule has 52 heavy (non-hydrogen) atoms. The third kappa shape index (κ3) is 7.51. The first-order valence-electron chi connectivity index (χ1n) is 14.5. The Morgan fingerprint density at radius 1 is 0.885 bits per heavy atom. The van der Waals surface area contributed by atoms with Crippen molar-refractivity contribution in [2.75, 3.05) is 48.2 Å². The van der Waals surface area contributed by atoms with Gasteiger partial charge in [-0.3, -0.25) is 23.4 Å². The van der Waals surface area contributed by atoms with Crippen molar-refractivity contribution in [3.8, 4) is 5.88 Å². The molecule has 0 spiro atoms. The van der Waals surface area contributed by atoms with E-state index in [-0.39, 0.29) is 41.2 Å². The second-order valence-electron chi connectivity index (χ2n) is 11.4. The summed E-state index contributed by atoms with van der Waals surface area (Å²) in [5.41, 5.74) is 10.2. The molecule has 3 aromatic rings. The predicted octanol–water partition coefficient (Wildman–Crippen LogP) is -3.87. The number of ether oxygens (including phenoxy) is 2. The molecule has 2 fully saturated rings. The van der Waals surface area contributed by atoms with Crippen molar-refractivity contribution < 1.29 is 81.1 Å². The average molecular weight is 804 g/mol. The van der Waals surface area contributed by atoms with E-state index < -0.39 is 97.2 Å². The topological polar surface area (TPSA) is 416 Å². The number of nitrogen functional groups attached to an aromatic ring is 2. The lowest BCUT2D eigenvalue weighted by atomic mass is 10.1. The maximum atomic E-state index is 12.5. The van der Waals surface area contributed by atoms with Crippen molar-refractivity contribution in [2.45, 2.75) is 49.1 Å². The molecule has 6 rings (SSSR count). The maximum Gasteiger partial charge on any atom is 0.490 e. The Bertz CT molecular complexity index is 2060. The number of fused-ring (bicyclic) bond motifs is 2. The summed E-state index contributed by atoms with van der Waals surface area (Å²) in [5.74, 6) is -1.09. The molecule has 0 saturated carbocycles. The molecular formula is C21H31N10O18P3. The zero-order valence-electron chi connectivity index (χ0n) is 26.1. The Balaban J connectivity index is 1.03. The van der Waals surface area contributed by atoms with Gasteiger partial charge in [-0.1, -0.05) is 0 Å². The van der Waals surface area contributed by atoms with Crippen molar-refractivity contribution in [3.05, 3.63) is 16.7 Å². The largest absolute Gasteiger partial charge is 0.492 e. The minimum absolute atomic E-state index is 0.0213. The second kappa shape index (κ2) is 13.8.